The van der Waals surface area contributed by atoms with Crippen LogP contribution >= 0.6 is 0 Å². The molecule has 0 spiro atoms. The number of rotatable bonds is 3. The topological polar surface area (TPSA) is 94.1 Å². The van der Waals surface area contributed by atoms with Gasteiger partial charge in [-0.1, -0.05) is 66.7 Å². The van der Waals surface area contributed by atoms with Crippen LogP contribution < -0.4 is 0 Å². The third-order valence-corrected chi connectivity index (χ3v) is 8.31. The van der Waals surface area contributed by atoms with Gasteiger partial charge in [0.25, 0.3) is 0 Å². The summed E-state index contributed by atoms with van der Waals surface area (Å²) >= 11 is 0. The maximum absolute atomic E-state index is 10.3. The van der Waals surface area contributed by atoms with Gasteiger partial charge in [0.1, 0.15) is 0 Å². The zero-order chi connectivity index (χ0) is 29.8. The van der Waals surface area contributed by atoms with Gasteiger partial charge in [0, 0.05) is 32.7 Å². The van der Waals surface area contributed by atoms with E-state index in [1.807, 2.05) is 97.3 Å². The minimum atomic E-state index is 0.526. The molecule has 0 saturated heterocycles. The number of nitriles is 3. The van der Waals surface area contributed by atoms with Crippen molar-refractivity contribution in [3.05, 3.63) is 138 Å². The lowest BCUT2D eigenvalue weighted by molar-refractivity contribution is 1.09. The minimum Gasteiger partial charge on any atom is -0.307 e. The van der Waals surface area contributed by atoms with Gasteiger partial charge < -0.3 is 9.13 Å². The van der Waals surface area contributed by atoms with Crippen LogP contribution in [0.4, 0.5) is 0 Å². The van der Waals surface area contributed by atoms with Crippen LogP contribution in [0.5, 0.6) is 0 Å². The van der Waals surface area contributed by atoms with Crippen LogP contribution in [-0.2, 0) is 0 Å². The van der Waals surface area contributed by atoms with Crippen LogP contribution in [0.3, 0.4) is 0 Å². The van der Waals surface area contributed by atoms with E-state index in [0.29, 0.717) is 16.7 Å². The fourth-order valence-corrected chi connectivity index (χ4v) is 6.45. The quantitative estimate of drug-likeness (QED) is 0.216. The number of pyridine rings is 1. The Bertz CT molecular complexity index is 2450. The SMILES string of the molecule is N#Cc1ccc2c3ccccc3n(-c3cncc(-n4c5ccccc5c5ccc(C#N)cc54)c3-c3ccccc3C#N)c2c1. The van der Waals surface area contributed by atoms with Gasteiger partial charge in [-0.05, 0) is 42.5 Å². The number of benzene rings is 5. The summed E-state index contributed by atoms with van der Waals surface area (Å²) in [6.07, 6.45) is 3.65. The highest BCUT2D eigenvalue weighted by Crippen LogP contribution is 2.42. The molecule has 0 bridgehead atoms. The van der Waals surface area contributed by atoms with Crippen LogP contribution in [0.1, 0.15) is 16.7 Å². The molecule has 0 saturated carbocycles. The van der Waals surface area contributed by atoms with E-state index in [4.69, 9.17) is 4.98 Å². The molecule has 3 aromatic heterocycles. The van der Waals surface area contributed by atoms with Gasteiger partial charge in [0.2, 0.25) is 0 Å². The Labute approximate surface area is 252 Å². The molecule has 0 N–H and O–H groups in total. The van der Waals surface area contributed by atoms with Gasteiger partial charge in [-0.25, -0.2) is 0 Å². The Hall–Kier alpha value is -6.68. The first-order valence-electron chi connectivity index (χ1n) is 14.1. The molecule has 5 aromatic carbocycles. The first kappa shape index (κ1) is 25.1. The zero-order valence-corrected chi connectivity index (χ0v) is 23.2. The Morgan fingerprint density at radius 3 is 1.48 bits per heavy atom. The summed E-state index contributed by atoms with van der Waals surface area (Å²) in [5.74, 6) is 0. The Morgan fingerprint density at radius 1 is 0.477 bits per heavy atom. The van der Waals surface area contributed by atoms with Crippen molar-refractivity contribution in [1.29, 1.82) is 15.8 Å². The number of hydrogen-bond donors (Lipinski definition) is 0. The van der Waals surface area contributed by atoms with Crippen molar-refractivity contribution >= 4 is 43.6 Å². The molecule has 6 nitrogen and oxygen atoms in total. The first-order chi connectivity index (χ1) is 21.7. The van der Waals surface area contributed by atoms with Gasteiger partial charge in [-0.3, -0.25) is 4.98 Å². The summed E-state index contributed by atoms with van der Waals surface area (Å²) in [5, 5.41) is 34.0. The molecule has 0 atom stereocenters. The lowest BCUT2D eigenvalue weighted by Gasteiger charge is -2.20. The van der Waals surface area contributed by atoms with Crippen molar-refractivity contribution in [2.75, 3.05) is 0 Å². The van der Waals surface area contributed by atoms with Crippen molar-refractivity contribution in [2.24, 2.45) is 0 Å². The molecule has 0 amide bonds. The minimum absolute atomic E-state index is 0.526. The maximum atomic E-state index is 10.3. The molecule has 0 aliphatic carbocycles. The number of para-hydroxylation sites is 2. The van der Waals surface area contributed by atoms with Crippen LogP contribution in [-0.4, -0.2) is 14.1 Å². The van der Waals surface area contributed by atoms with Gasteiger partial charge in [-0.15, -0.1) is 0 Å². The maximum Gasteiger partial charge on any atom is 0.0998 e. The molecule has 3 heterocycles. The van der Waals surface area contributed by atoms with E-state index >= 15 is 0 Å². The van der Waals surface area contributed by atoms with E-state index in [9.17, 15) is 15.8 Å². The van der Waals surface area contributed by atoms with Crippen molar-refractivity contribution in [2.45, 2.75) is 0 Å². The lowest BCUT2D eigenvalue weighted by atomic mass is 9.97. The molecule has 8 aromatic rings. The lowest BCUT2D eigenvalue weighted by Crippen LogP contribution is -2.05. The second kappa shape index (κ2) is 9.71. The Morgan fingerprint density at radius 2 is 0.955 bits per heavy atom. The normalized spacial score (nSPS) is 11.1. The molecule has 0 radical (unpaired) electrons. The van der Waals surface area contributed by atoms with Gasteiger partial charge in [-0.2, -0.15) is 15.8 Å². The number of fused-ring (bicyclic) bond motifs is 6. The van der Waals surface area contributed by atoms with Crippen molar-refractivity contribution in [3.63, 3.8) is 0 Å². The monoisotopic (exact) mass is 560 g/mol. The average molecular weight is 561 g/mol. The van der Waals surface area contributed by atoms with E-state index in [-0.39, 0.29) is 0 Å². The number of aromatic nitrogens is 3. The Kier molecular flexibility index (Phi) is 5.53. The summed E-state index contributed by atoms with van der Waals surface area (Å²) in [6.45, 7) is 0. The molecule has 0 fully saturated rings. The molecule has 8 rings (SSSR count). The molecule has 0 aliphatic heterocycles. The zero-order valence-electron chi connectivity index (χ0n) is 23.2. The van der Waals surface area contributed by atoms with Crippen LogP contribution in [0.2, 0.25) is 0 Å². The summed E-state index contributed by atoms with van der Waals surface area (Å²) < 4.78 is 4.28. The fraction of sp³-hybridized carbons (Fsp3) is 0. The van der Waals surface area contributed by atoms with Crippen molar-refractivity contribution in [1.82, 2.24) is 14.1 Å². The van der Waals surface area contributed by atoms with E-state index in [2.05, 4.69) is 51.6 Å². The first-order valence-corrected chi connectivity index (χ1v) is 14.1. The highest BCUT2D eigenvalue weighted by atomic mass is 15.0. The molecular weight excluding hydrogens is 540 g/mol. The van der Waals surface area contributed by atoms with E-state index < -0.39 is 0 Å². The Balaban J connectivity index is 1.60. The molecule has 0 unspecified atom stereocenters. The highest BCUT2D eigenvalue weighted by Gasteiger charge is 2.23. The van der Waals surface area contributed by atoms with Crippen molar-refractivity contribution < 1.29 is 0 Å². The predicted molar refractivity (Wildman–Crippen MR) is 172 cm³/mol. The molecule has 6 heteroatoms. The highest BCUT2D eigenvalue weighted by molar-refractivity contribution is 6.12. The van der Waals surface area contributed by atoms with Crippen LogP contribution in [0.25, 0.3) is 66.1 Å². The number of nitrogens with zero attached hydrogens (tertiary/aromatic N) is 6. The molecule has 202 valence electrons. The second-order valence-corrected chi connectivity index (χ2v) is 10.6. The van der Waals surface area contributed by atoms with Gasteiger partial charge >= 0.3 is 0 Å². The summed E-state index contributed by atoms with van der Waals surface area (Å²) in [4.78, 5) is 4.80. The average Bonchev–Trinajstić information content (AvgIpc) is 3.59. The van der Waals surface area contributed by atoms with Crippen molar-refractivity contribution in [3.8, 4) is 40.7 Å². The van der Waals surface area contributed by atoms with Gasteiger partial charge in [0.15, 0.2) is 0 Å². The third kappa shape index (κ3) is 3.55. The molecule has 44 heavy (non-hydrogen) atoms. The van der Waals surface area contributed by atoms with E-state index in [1.54, 1.807) is 0 Å². The van der Waals surface area contributed by atoms with Gasteiger partial charge in [0.05, 0.1) is 80.7 Å². The summed E-state index contributed by atoms with van der Waals surface area (Å²) in [7, 11) is 0. The van der Waals surface area contributed by atoms with Crippen LogP contribution in [0.15, 0.2) is 122 Å². The molecule has 0 aliphatic rings. The van der Waals surface area contributed by atoms with E-state index in [1.165, 1.54) is 0 Å². The van der Waals surface area contributed by atoms with Crippen LogP contribution in [0, 0.1) is 34.0 Å². The standard InChI is InChI=1S/C38H20N6/c39-19-24-13-15-30-28-9-3-5-11-32(28)43(34(30)17-24)36-22-42-23-37(38(36)27-8-2-1-7-26(27)21-41)44-33-12-6-4-10-29(33)31-16-14-25(20-40)18-35(31)44/h1-18,22-23H. The molecular formula is C38H20N6. The third-order valence-electron chi connectivity index (χ3n) is 8.31. The fourth-order valence-electron chi connectivity index (χ4n) is 6.45. The van der Waals surface area contributed by atoms with E-state index in [0.717, 1.165) is 66.1 Å². The summed E-state index contributed by atoms with van der Waals surface area (Å²) in [6, 6.07) is 42.3. The number of hydrogen-bond acceptors (Lipinski definition) is 4. The predicted octanol–water partition coefficient (Wildman–Crippen LogP) is 8.56. The second-order valence-electron chi connectivity index (χ2n) is 10.6. The summed E-state index contributed by atoms with van der Waals surface area (Å²) in [5.41, 5.74) is 8.40. The smallest absolute Gasteiger partial charge is 0.0998 e. The largest absolute Gasteiger partial charge is 0.307 e.